The Morgan fingerprint density at radius 3 is 2.70 bits per heavy atom. The lowest BCUT2D eigenvalue weighted by Gasteiger charge is -2.26. The SMILES string of the molecule is CCn1cc(S(=O)(=O)N2CCCCC[C@@H]2c2cc(-c3ccc(OC)cc3)no2)cn1. The van der Waals surface area contributed by atoms with Crippen LogP contribution in [0.1, 0.15) is 44.4 Å². The summed E-state index contributed by atoms with van der Waals surface area (Å²) < 4.78 is 40.8. The van der Waals surface area contributed by atoms with Crippen molar-refractivity contribution in [3.63, 3.8) is 0 Å². The maximum Gasteiger partial charge on any atom is 0.246 e. The van der Waals surface area contributed by atoms with Crippen molar-refractivity contribution >= 4 is 10.0 Å². The molecule has 1 aliphatic rings. The van der Waals surface area contributed by atoms with Crippen LogP contribution in [-0.4, -0.2) is 41.3 Å². The molecule has 0 spiro atoms. The smallest absolute Gasteiger partial charge is 0.246 e. The van der Waals surface area contributed by atoms with Crippen LogP contribution in [0.4, 0.5) is 0 Å². The molecule has 30 heavy (non-hydrogen) atoms. The summed E-state index contributed by atoms with van der Waals surface area (Å²) in [4.78, 5) is 0.214. The molecule has 3 aromatic rings. The van der Waals surface area contributed by atoms with Crippen LogP contribution >= 0.6 is 0 Å². The molecule has 8 nitrogen and oxygen atoms in total. The molecule has 2 aromatic heterocycles. The first-order chi connectivity index (χ1) is 14.5. The average molecular weight is 431 g/mol. The van der Waals surface area contributed by atoms with E-state index in [4.69, 9.17) is 9.26 Å². The number of aryl methyl sites for hydroxylation is 1. The molecule has 0 bridgehead atoms. The topological polar surface area (TPSA) is 90.5 Å². The normalized spacial score (nSPS) is 18.3. The van der Waals surface area contributed by atoms with E-state index in [1.54, 1.807) is 22.3 Å². The number of ether oxygens (including phenoxy) is 1. The summed E-state index contributed by atoms with van der Waals surface area (Å²) in [5.74, 6) is 1.32. The standard InChI is InChI=1S/C21H26N4O4S/c1-3-24-15-18(14-22-24)30(26,27)25-12-6-4-5-7-20(25)21-13-19(23-29-21)16-8-10-17(28-2)11-9-16/h8-11,13-15,20H,3-7,12H2,1-2H3/t20-/m1/s1. The van der Waals surface area contributed by atoms with E-state index < -0.39 is 10.0 Å². The number of rotatable bonds is 6. The van der Waals surface area contributed by atoms with Gasteiger partial charge in [-0.1, -0.05) is 18.0 Å². The lowest BCUT2D eigenvalue weighted by Crippen LogP contribution is -2.34. The quantitative estimate of drug-likeness (QED) is 0.590. The second kappa shape index (κ2) is 8.61. The first-order valence-electron chi connectivity index (χ1n) is 10.2. The van der Waals surface area contributed by atoms with E-state index in [-0.39, 0.29) is 10.9 Å². The Labute approximate surface area is 176 Å². The zero-order valence-electron chi connectivity index (χ0n) is 17.2. The maximum atomic E-state index is 13.4. The molecule has 0 saturated carbocycles. The van der Waals surface area contributed by atoms with Crippen LogP contribution in [0, 0.1) is 0 Å². The van der Waals surface area contributed by atoms with Crippen LogP contribution in [0.25, 0.3) is 11.3 Å². The predicted molar refractivity (Wildman–Crippen MR) is 111 cm³/mol. The van der Waals surface area contributed by atoms with Crippen LogP contribution in [-0.2, 0) is 16.6 Å². The van der Waals surface area contributed by atoms with E-state index in [0.29, 0.717) is 31.0 Å². The minimum atomic E-state index is -3.69. The Bertz CT molecular complexity index is 1090. The molecule has 3 heterocycles. The maximum absolute atomic E-state index is 13.4. The molecule has 4 rings (SSSR count). The third-order valence-electron chi connectivity index (χ3n) is 5.49. The number of aromatic nitrogens is 3. The van der Waals surface area contributed by atoms with Gasteiger partial charge < -0.3 is 9.26 Å². The van der Waals surface area contributed by atoms with Crippen LogP contribution in [0.15, 0.2) is 52.1 Å². The summed E-state index contributed by atoms with van der Waals surface area (Å²) in [5.41, 5.74) is 1.56. The Kier molecular flexibility index (Phi) is 5.92. The van der Waals surface area contributed by atoms with E-state index in [9.17, 15) is 8.42 Å². The molecule has 1 aromatic carbocycles. The summed E-state index contributed by atoms with van der Waals surface area (Å²) in [7, 11) is -2.07. The lowest BCUT2D eigenvalue weighted by atomic mass is 10.1. The molecule has 1 fully saturated rings. The predicted octanol–water partition coefficient (Wildman–Crippen LogP) is 3.87. The van der Waals surface area contributed by atoms with Crippen LogP contribution < -0.4 is 4.74 Å². The fraction of sp³-hybridized carbons (Fsp3) is 0.429. The highest BCUT2D eigenvalue weighted by Crippen LogP contribution is 2.36. The third kappa shape index (κ3) is 3.99. The van der Waals surface area contributed by atoms with Crippen molar-refractivity contribution in [3.8, 4) is 17.0 Å². The van der Waals surface area contributed by atoms with E-state index >= 15 is 0 Å². The molecule has 0 radical (unpaired) electrons. The van der Waals surface area contributed by atoms with Crippen molar-refractivity contribution in [2.75, 3.05) is 13.7 Å². The van der Waals surface area contributed by atoms with Crippen molar-refractivity contribution < 1.29 is 17.7 Å². The minimum Gasteiger partial charge on any atom is -0.497 e. The number of hydrogen-bond donors (Lipinski definition) is 0. The van der Waals surface area contributed by atoms with Gasteiger partial charge in [-0.15, -0.1) is 0 Å². The Hall–Kier alpha value is -2.65. The van der Waals surface area contributed by atoms with Crippen LogP contribution in [0.2, 0.25) is 0 Å². The third-order valence-corrected chi connectivity index (χ3v) is 7.35. The molecule has 9 heteroatoms. The highest BCUT2D eigenvalue weighted by Gasteiger charge is 2.36. The number of nitrogens with zero attached hydrogens (tertiary/aromatic N) is 4. The molecule has 0 N–H and O–H groups in total. The first kappa shape index (κ1) is 20.6. The molecular weight excluding hydrogens is 404 g/mol. The van der Waals surface area contributed by atoms with E-state index in [1.165, 1.54) is 6.20 Å². The summed E-state index contributed by atoms with van der Waals surface area (Å²) in [5, 5.41) is 8.34. The fourth-order valence-electron chi connectivity index (χ4n) is 3.78. The van der Waals surface area contributed by atoms with Gasteiger partial charge in [0.05, 0.1) is 19.3 Å². The molecule has 1 saturated heterocycles. The van der Waals surface area contributed by atoms with Gasteiger partial charge in [-0.2, -0.15) is 9.40 Å². The van der Waals surface area contributed by atoms with E-state index in [1.807, 2.05) is 37.3 Å². The van der Waals surface area contributed by atoms with Crippen LogP contribution in [0.5, 0.6) is 5.75 Å². The molecule has 0 aliphatic carbocycles. The molecule has 160 valence electrons. The van der Waals surface area contributed by atoms with Gasteiger partial charge in [0.1, 0.15) is 16.3 Å². The molecular formula is C21H26N4O4S. The van der Waals surface area contributed by atoms with Crippen molar-refractivity contribution in [1.82, 2.24) is 19.2 Å². The number of hydrogen-bond acceptors (Lipinski definition) is 6. The summed E-state index contributed by atoms with van der Waals surface area (Å²) in [6.07, 6.45) is 6.43. The average Bonchev–Trinajstić information content (AvgIpc) is 3.39. The molecule has 0 amide bonds. The molecule has 1 atom stereocenters. The van der Waals surface area contributed by atoms with Gasteiger partial charge in [-0.3, -0.25) is 4.68 Å². The number of sulfonamides is 1. The van der Waals surface area contributed by atoms with E-state index in [2.05, 4.69) is 10.3 Å². The van der Waals surface area contributed by atoms with Crippen molar-refractivity contribution in [2.24, 2.45) is 0 Å². The molecule has 1 aliphatic heterocycles. The highest BCUT2D eigenvalue weighted by atomic mass is 32.2. The van der Waals surface area contributed by atoms with Gasteiger partial charge in [-0.25, -0.2) is 8.42 Å². The zero-order chi connectivity index (χ0) is 21.1. The number of methoxy groups -OCH3 is 1. The first-order valence-corrected chi connectivity index (χ1v) is 11.6. The van der Waals surface area contributed by atoms with Gasteiger partial charge in [0, 0.05) is 30.9 Å². The van der Waals surface area contributed by atoms with Gasteiger partial charge in [-0.05, 0) is 44.0 Å². The summed E-state index contributed by atoms with van der Waals surface area (Å²) in [6, 6.07) is 8.98. The Morgan fingerprint density at radius 1 is 1.20 bits per heavy atom. The Morgan fingerprint density at radius 2 is 2.00 bits per heavy atom. The fourth-order valence-corrected chi connectivity index (χ4v) is 5.40. The van der Waals surface area contributed by atoms with Gasteiger partial charge in [0.25, 0.3) is 0 Å². The Balaban J connectivity index is 1.66. The van der Waals surface area contributed by atoms with E-state index in [0.717, 1.165) is 30.6 Å². The second-order valence-corrected chi connectivity index (χ2v) is 9.25. The van der Waals surface area contributed by atoms with Gasteiger partial charge in [0.15, 0.2) is 5.76 Å². The van der Waals surface area contributed by atoms with Gasteiger partial charge >= 0.3 is 0 Å². The minimum absolute atomic E-state index is 0.214. The monoisotopic (exact) mass is 430 g/mol. The summed E-state index contributed by atoms with van der Waals surface area (Å²) in [6.45, 7) is 2.99. The zero-order valence-corrected chi connectivity index (χ0v) is 18.0. The largest absolute Gasteiger partial charge is 0.497 e. The van der Waals surface area contributed by atoms with Gasteiger partial charge in [0.2, 0.25) is 10.0 Å². The lowest BCUT2D eigenvalue weighted by molar-refractivity contribution is 0.259. The molecule has 0 unspecified atom stereocenters. The number of benzene rings is 1. The highest BCUT2D eigenvalue weighted by molar-refractivity contribution is 7.89. The summed E-state index contributed by atoms with van der Waals surface area (Å²) >= 11 is 0. The van der Waals surface area contributed by atoms with Crippen molar-refractivity contribution in [2.45, 2.75) is 50.1 Å². The van der Waals surface area contributed by atoms with Crippen molar-refractivity contribution in [1.29, 1.82) is 0 Å². The van der Waals surface area contributed by atoms with Crippen molar-refractivity contribution in [3.05, 3.63) is 48.5 Å². The van der Waals surface area contributed by atoms with Crippen LogP contribution in [0.3, 0.4) is 0 Å². The second-order valence-electron chi connectivity index (χ2n) is 7.36.